The van der Waals surface area contributed by atoms with Crippen molar-refractivity contribution in [2.75, 3.05) is 51.9 Å². The minimum Gasteiger partial charge on any atom is -0.497 e. The van der Waals surface area contributed by atoms with Gasteiger partial charge in [0.25, 0.3) is 0 Å². The summed E-state index contributed by atoms with van der Waals surface area (Å²) >= 11 is 0. The summed E-state index contributed by atoms with van der Waals surface area (Å²) in [4.78, 5) is 6.73. The fourth-order valence-electron chi connectivity index (χ4n) is 3.29. The van der Waals surface area contributed by atoms with Gasteiger partial charge in [0.1, 0.15) is 5.75 Å². The van der Waals surface area contributed by atoms with Crippen molar-refractivity contribution in [2.24, 2.45) is 4.99 Å². The van der Waals surface area contributed by atoms with Gasteiger partial charge in [0.15, 0.2) is 5.96 Å². The monoisotopic (exact) mass is 382 g/mol. The highest BCUT2D eigenvalue weighted by atomic mass is 16.5. The molecule has 150 valence electrons. The molecule has 3 rings (SSSR count). The molecule has 1 saturated heterocycles. The number of ether oxygens (including phenoxy) is 2. The number of methoxy groups -OCH3 is 1. The van der Waals surface area contributed by atoms with E-state index in [1.165, 1.54) is 16.8 Å². The van der Waals surface area contributed by atoms with Crippen LogP contribution in [0.15, 0.2) is 53.5 Å². The van der Waals surface area contributed by atoms with Crippen LogP contribution in [0.5, 0.6) is 5.75 Å². The van der Waals surface area contributed by atoms with Gasteiger partial charge in [0.2, 0.25) is 0 Å². The van der Waals surface area contributed by atoms with Gasteiger partial charge < -0.3 is 25.0 Å². The predicted octanol–water partition coefficient (Wildman–Crippen LogP) is 2.44. The topological polar surface area (TPSA) is 58.1 Å². The van der Waals surface area contributed by atoms with Gasteiger partial charge in [-0.05, 0) is 35.7 Å². The van der Waals surface area contributed by atoms with Crippen LogP contribution in [-0.4, -0.2) is 53.0 Å². The molecule has 1 aliphatic heterocycles. The second kappa shape index (κ2) is 10.6. The molecule has 6 heteroatoms. The lowest BCUT2D eigenvalue weighted by Crippen LogP contribution is -2.39. The van der Waals surface area contributed by atoms with Crippen molar-refractivity contribution in [2.45, 2.75) is 13.0 Å². The van der Waals surface area contributed by atoms with Crippen LogP contribution in [-0.2, 0) is 17.7 Å². The Morgan fingerprint density at radius 1 is 1.07 bits per heavy atom. The van der Waals surface area contributed by atoms with Gasteiger partial charge in [-0.3, -0.25) is 4.99 Å². The minimum absolute atomic E-state index is 0.732. The van der Waals surface area contributed by atoms with E-state index < -0.39 is 0 Å². The molecule has 1 fully saturated rings. The molecule has 0 spiro atoms. The van der Waals surface area contributed by atoms with E-state index in [2.05, 4.69) is 56.9 Å². The van der Waals surface area contributed by atoms with Crippen LogP contribution in [0.2, 0.25) is 0 Å². The molecule has 0 unspecified atom stereocenters. The molecule has 0 amide bonds. The Morgan fingerprint density at radius 3 is 2.54 bits per heavy atom. The number of hydrogen-bond donors (Lipinski definition) is 2. The van der Waals surface area contributed by atoms with Crippen molar-refractivity contribution >= 4 is 11.6 Å². The smallest absolute Gasteiger partial charge is 0.191 e. The molecule has 28 heavy (non-hydrogen) atoms. The predicted molar refractivity (Wildman–Crippen MR) is 114 cm³/mol. The van der Waals surface area contributed by atoms with Gasteiger partial charge in [0, 0.05) is 38.9 Å². The van der Waals surface area contributed by atoms with Crippen LogP contribution in [0, 0.1) is 0 Å². The number of morpholine rings is 1. The van der Waals surface area contributed by atoms with E-state index in [1.807, 2.05) is 12.1 Å². The van der Waals surface area contributed by atoms with Crippen LogP contribution >= 0.6 is 0 Å². The zero-order chi connectivity index (χ0) is 19.6. The van der Waals surface area contributed by atoms with Crippen LogP contribution in [0.25, 0.3) is 0 Å². The second-order valence-electron chi connectivity index (χ2n) is 6.68. The van der Waals surface area contributed by atoms with Gasteiger partial charge in [-0.1, -0.05) is 30.3 Å². The van der Waals surface area contributed by atoms with Crippen molar-refractivity contribution in [3.8, 4) is 5.75 Å². The standard InChI is InChI=1S/C22H30N4O2/c1-23-22(24-12-11-18-7-9-20(27-2)10-8-18)25-17-19-5-3-4-6-21(19)26-13-15-28-16-14-26/h3-10H,11-17H2,1-2H3,(H2,23,24,25). The van der Waals surface area contributed by atoms with E-state index in [0.29, 0.717) is 0 Å². The molecule has 0 bridgehead atoms. The Balaban J connectivity index is 1.50. The molecule has 2 aromatic carbocycles. The molecule has 0 saturated carbocycles. The summed E-state index contributed by atoms with van der Waals surface area (Å²) in [5.74, 6) is 1.69. The lowest BCUT2D eigenvalue weighted by atomic mass is 10.1. The van der Waals surface area contributed by atoms with Gasteiger partial charge in [-0.15, -0.1) is 0 Å². The number of nitrogens with one attached hydrogen (secondary N) is 2. The van der Waals surface area contributed by atoms with Gasteiger partial charge in [-0.25, -0.2) is 0 Å². The number of aliphatic imine (C=N–C) groups is 1. The van der Waals surface area contributed by atoms with E-state index >= 15 is 0 Å². The highest BCUT2D eigenvalue weighted by molar-refractivity contribution is 5.79. The van der Waals surface area contributed by atoms with Crippen LogP contribution in [0.3, 0.4) is 0 Å². The number of guanidine groups is 1. The molecule has 0 radical (unpaired) electrons. The number of benzene rings is 2. The molecular weight excluding hydrogens is 352 g/mol. The fourth-order valence-corrected chi connectivity index (χ4v) is 3.29. The van der Waals surface area contributed by atoms with Crippen LogP contribution in [0.1, 0.15) is 11.1 Å². The number of nitrogens with zero attached hydrogens (tertiary/aromatic N) is 2. The first kappa shape index (κ1) is 20.0. The van der Waals surface area contributed by atoms with Crippen molar-refractivity contribution in [1.82, 2.24) is 10.6 Å². The van der Waals surface area contributed by atoms with Crippen molar-refractivity contribution < 1.29 is 9.47 Å². The summed E-state index contributed by atoms with van der Waals surface area (Å²) in [6.07, 6.45) is 0.926. The minimum atomic E-state index is 0.732. The van der Waals surface area contributed by atoms with Gasteiger partial charge >= 0.3 is 0 Å². The van der Waals surface area contributed by atoms with Gasteiger partial charge in [-0.2, -0.15) is 0 Å². The number of anilines is 1. The van der Waals surface area contributed by atoms with E-state index in [9.17, 15) is 0 Å². The Labute approximate surface area is 167 Å². The second-order valence-corrected chi connectivity index (χ2v) is 6.68. The first-order valence-electron chi connectivity index (χ1n) is 9.78. The largest absolute Gasteiger partial charge is 0.497 e. The SMILES string of the molecule is CN=C(NCCc1ccc(OC)cc1)NCc1ccccc1N1CCOCC1. The summed E-state index contributed by atoms with van der Waals surface area (Å²) in [6.45, 7) is 5.00. The Kier molecular flexibility index (Phi) is 7.55. The van der Waals surface area contributed by atoms with Gasteiger partial charge in [0.05, 0.1) is 20.3 Å². The third-order valence-electron chi connectivity index (χ3n) is 4.88. The Bertz CT molecular complexity index is 755. The first-order valence-corrected chi connectivity index (χ1v) is 9.78. The quantitative estimate of drug-likeness (QED) is 0.569. The van der Waals surface area contributed by atoms with Crippen molar-refractivity contribution in [3.05, 3.63) is 59.7 Å². The molecule has 0 aliphatic carbocycles. The Morgan fingerprint density at radius 2 is 1.82 bits per heavy atom. The molecule has 0 aromatic heterocycles. The zero-order valence-electron chi connectivity index (χ0n) is 16.8. The van der Waals surface area contributed by atoms with Crippen molar-refractivity contribution in [3.63, 3.8) is 0 Å². The van der Waals surface area contributed by atoms with E-state index in [0.717, 1.165) is 57.5 Å². The number of hydrogen-bond acceptors (Lipinski definition) is 4. The maximum atomic E-state index is 5.48. The summed E-state index contributed by atoms with van der Waals surface area (Å²) < 4.78 is 10.7. The zero-order valence-corrected chi connectivity index (χ0v) is 16.8. The molecule has 2 aromatic rings. The lowest BCUT2D eigenvalue weighted by Gasteiger charge is -2.30. The maximum absolute atomic E-state index is 5.48. The summed E-state index contributed by atoms with van der Waals surface area (Å²) in [7, 11) is 3.49. The number of para-hydroxylation sites is 1. The molecule has 0 atom stereocenters. The molecule has 1 aliphatic rings. The summed E-state index contributed by atoms with van der Waals surface area (Å²) in [6, 6.07) is 16.7. The highest BCUT2D eigenvalue weighted by Crippen LogP contribution is 2.21. The third kappa shape index (κ3) is 5.63. The molecular formula is C22H30N4O2. The molecule has 6 nitrogen and oxygen atoms in total. The lowest BCUT2D eigenvalue weighted by molar-refractivity contribution is 0.122. The average Bonchev–Trinajstić information content (AvgIpc) is 2.77. The maximum Gasteiger partial charge on any atom is 0.191 e. The van der Waals surface area contributed by atoms with E-state index in [-0.39, 0.29) is 0 Å². The van der Waals surface area contributed by atoms with E-state index in [4.69, 9.17) is 9.47 Å². The van der Waals surface area contributed by atoms with Crippen LogP contribution < -0.4 is 20.3 Å². The average molecular weight is 383 g/mol. The fraction of sp³-hybridized carbons (Fsp3) is 0.409. The Hall–Kier alpha value is -2.73. The molecule has 2 N–H and O–H groups in total. The molecule has 1 heterocycles. The third-order valence-corrected chi connectivity index (χ3v) is 4.88. The van der Waals surface area contributed by atoms with Crippen LogP contribution in [0.4, 0.5) is 5.69 Å². The van der Waals surface area contributed by atoms with E-state index in [1.54, 1.807) is 14.2 Å². The highest BCUT2D eigenvalue weighted by Gasteiger charge is 2.14. The summed E-state index contributed by atoms with van der Waals surface area (Å²) in [5, 5.41) is 6.82. The normalized spacial score (nSPS) is 14.6. The first-order chi connectivity index (χ1) is 13.8. The van der Waals surface area contributed by atoms with Crippen molar-refractivity contribution in [1.29, 1.82) is 0 Å². The summed E-state index contributed by atoms with van der Waals surface area (Å²) in [5.41, 5.74) is 3.80. The number of rotatable bonds is 7.